The van der Waals surface area contributed by atoms with Crippen LogP contribution in [0.25, 0.3) is 0 Å². The van der Waals surface area contributed by atoms with Gasteiger partial charge in [0.05, 0.1) is 12.2 Å². The van der Waals surface area contributed by atoms with E-state index in [-0.39, 0.29) is 31.1 Å². The lowest BCUT2D eigenvalue weighted by molar-refractivity contribution is -0.143. The number of esters is 1. The molecule has 1 fully saturated rings. The van der Waals surface area contributed by atoms with E-state index >= 15 is 0 Å². The summed E-state index contributed by atoms with van der Waals surface area (Å²) in [5.74, 6) is 1.48. The molecule has 0 spiro atoms. The van der Waals surface area contributed by atoms with Crippen molar-refractivity contribution in [3.8, 4) is 11.5 Å². The van der Waals surface area contributed by atoms with E-state index in [1.54, 1.807) is 30.2 Å². The van der Waals surface area contributed by atoms with Crippen LogP contribution in [-0.4, -0.2) is 73.9 Å². The molecule has 0 unspecified atom stereocenters. The average molecular weight is 498 g/mol. The number of amides is 3. The molecule has 11 nitrogen and oxygen atoms in total. The maximum absolute atomic E-state index is 13.0. The third kappa shape index (κ3) is 6.35. The van der Waals surface area contributed by atoms with Gasteiger partial charge in [-0.15, -0.1) is 0 Å². The zero-order chi connectivity index (χ0) is 25.3. The lowest BCUT2D eigenvalue weighted by atomic mass is 10.1. The summed E-state index contributed by atoms with van der Waals surface area (Å²) in [5, 5.41) is 5.79. The van der Waals surface area contributed by atoms with Gasteiger partial charge in [0.2, 0.25) is 6.79 Å². The molecule has 0 bridgehead atoms. The molecule has 2 aliphatic rings. The fraction of sp³-hybridized carbons (Fsp3) is 0.440. The fourth-order valence-electron chi connectivity index (χ4n) is 4.05. The number of urea groups is 1. The number of pyridine rings is 1. The van der Waals surface area contributed by atoms with Gasteiger partial charge in [0.15, 0.2) is 11.5 Å². The highest BCUT2D eigenvalue weighted by Crippen LogP contribution is 2.32. The van der Waals surface area contributed by atoms with Crippen LogP contribution in [0.15, 0.2) is 36.5 Å². The molecule has 4 rings (SSSR count). The number of ether oxygens (including phenoxy) is 3. The summed E-state index contributed by atoms with van der Waals surface area (Å²) >= 11 is 0. The second-order valence-electron chi connectivity index (χ2n) is 8.36. The van der Waals surface area contributed by atoms with E-state index in [4.69, 9.17) is 14.2 Å². The second kappa shape index (κ2) is 12.1. The molecule has 1 aromatic carbocycles. The summed E-state index contributed by atoms with van der Waals surface area (Å²) in [4.78, 5) is 45.0. The number of anilines is 1. The first kappa shape index (κ1) is 25.1. The lowest BCUT2D eigenvalue weighted by Crippen LogP contribution is -2.52. The van der Waals surface area contributed by atoms with Crippen LogP contribution in [0.4, 0.5) is 10.6 Å². The van der Waals surface area contributed by atoms with Crippen molar-refractivity contribution in [2.75, 3.05) is 51.0 Å². The molecule has 0 saturated carbocycles. The molecule has 3 amide bonds. The Kier molecular flexibility index (Phi) is 8.43. The minimum Gasteiger partial charge on any atom is -0.466 e. The van der Waals surface area contributed by atoms with Gasteiger partial charge in [0.25, 0.3) is 5.91 Å². The first-order chi connectivity index (χ1) is 17.5. The molecule has 1 saturated heterocycles. The van der Waals surface area contributed by atoms with Crippen molar-refractivity contribution >= 4 is 23.7 Å². The number of aromatic nitrogens is 1. The monoisotopic (exact) mass is 497 g/mol. The van der Waals surface area contributed by atoms with Crippen LogP contribution < -0.4 is 25.0 Å². The second-order valence-corrected chi connectivity index (χ2v) is 8.36. The van der Waals surface area contributed by atoms with Crippen molar-refractivity contribution in [1.29, 1.82) is 0 Å². The molecule has 0 radical (unpaired) electrons. The number of hydrogen-bond acceptors (Lipinski definition) is 8. The smallest absolute Gasteiger partial charge is 0.317 e. The van der Waals surface area contributed by atoms with E-state index in [1.165, 1.54) is 0 Å². The molecule has 0 aliphatic carbocycles. The number of carbonyl (C=O) groups excluding carboxylic acids is 3. The van der Waals surface area contributed by atoms with Gasteiger partial charge < -0.3 is 34.6 Å². The van der Waals surface area contributed by atoms with Crippen molar-refractivity contribution < 1.29 is 28.6 Å². The van der Waals surface area contributed by atoms with Gasteiger partial charge in [-0.1, -0.05) is 6.07 Å². The number of piperazine rings is 1. The molecular formula is C25H31N5O6. The Bertz CT molecular complexity index is 1090. The third-order valence-corrected chi connectivity index (χ3v) is 5.93. The number of hydrogen-bond donors (Lipinski definition) is 2. The summed E-state index contributed by atoms with van der Waals surface area (Å²) in [6.45, 7) is 5.17. The summed E-state index contributed by atoms with van der Waals surface area (Å²) in [5.41, 5.74) is 1.38. The van der Waals surface area contributed by atoms with Crippen LogP contribution in [0, 0.1) is 0 Å². The topological polar surface area (TPSA) is 122 Å². The highest BCUT2D eigenvalue weighted by Gasteiger charge is 2.25. The van der Waals surface area contributed by atoms with Crippen LogP contribution in [0.2, 0.25) is 0 Å². The normalized spacial score (nSPS) is 14.4. The summed E-state index contributed by atoms with van der Waals surface area (Å²) in [6, 6.07) is 8.89. The van der Waals surface area contributed by atoms with Crippen molar-refractivity contribution in [3.63, 3.8) is 0 Å². The van der Waals surface area contributed by atoms with Gasteiger partial charge in [-0.05, 0) is 43.2 Å². The molecule has 0 atom stereocenters. The average Bonchev–Trinajstić information content (AvgIpc) is 3.38. The van der Waals surface area contributed by atoms with Crippen LogP contribution >= 0.6 is 0 Å². The Morgan fingerprint density at radius 3 is 2.67 bits per heavy atom. The fourth-order valence-corrected chi connectivity index (χ4v) is 4.05. The Morgan fingerprint density at radius 2 is 1.86 bits per heavy atom. The molecule has 2 N–H and O–H groups in total. The van der Waals surface area contributed by atoms with E-state index in [0.717, 1.165) is 5.56 Å². The molecule has 3 heterocycles. The quantitative estimate of drug-likeness (QED) is 0.398. The highest BCUT2D eigenvalue weighted by atomic mass is 16.7. The molecule has 11 heteroatoms. The number of benzene rings is 1. The zero-order valence-corrected chi connectivity index (χ0v) is 20.3. The van der Waals surface area contributed by atoms with Crippen LogP contribution in [0.3, 0.4) is 0 Å². The summed E-state index contributed by atoms with van der Waals surface area (Å²) in [6.07, 6.45) is 2.47. The predicted octanol–water partition coefficient (Wildman–Crippen LogP) is 1.92. The van der Waals surface area contributed by atoms with Crippen LogP contribution in [0.1, 0.15) is 35.7 Å². The van der Waals surface area contributed by atoms with Gasteiger partial charge in [-0.3, -0.25) is 9.59 Å². The molecule has 1 aromatic heterocycles. The SMILES string of the molecule is CCOC(=O)CCCNC(=O)N1CCN(c2ncccc2C(=O)NCc2ccc3c(c2)OCO3)CC1. The van der Waals surface area contributed by atoms with Crippen molar-refractivity contribution in [2.45, 2.75) is 26.3 Å². The standard InChI is InChI=1S/C25H31N5O6/c1-2-34-22(31)6-4-10-27-25(33)30-13-11-29(12-14-30)23-19(5-3-9-26-23)24(32)28-16-18-7-8-20-21(15-18)36-17-35-20/h3,5,7-9,15H,2,4,6,10-14,16-17H2,1H3,(H,27,33)(H,28,32). The summed E-state index contributed by atoms with van der Waals surface area (Å²) in [7, 11) is 0. The Morgan fingerprint density at radius 1 is 1.06 bits per heavy atom. The van der Waals surface area contributed by atoms with E-state index < -0.39 is 0 Å². The first-order valence-corrected chi connectivity index (χ1v) is 12.1. The predicted molar refractivity (Wildman–Crippen MR) is 131 cm³/mol. The van der Waals surface area contributed by atoms with Gasteiger partial charge >= 0.3 is 12.0 Å². The van der Waals surface area contributed by atoms with Crippen molar-refractivity contribution in [2.24, 2.45) is 0 Å². The Hall–Kier alpha value is -4.02. The Labute approximate surface area is 209 Å². The number of carbonyl (C=O) groups is 3. The van der Waals surface area contributed by atoms with E-state index in [1.807, 2.05) is 23.1 Å². The highest BCUT2D eigenvalue weighted by molar-refractivity contribution is 5.98. The van der Waals surface area contributed by atoms with Gasteiger partial charge in [-0.2, -0.15) is 0 Å². The molecule has 2 aliphatic heterocycles. The molecule has 192 valence electrons. The molecule has 36 heavy (non-hydrogen) atoms. The maximum atomic E-state index is 13.0. The lowest BCUT2D eigenvalue weighted by Gasteiger charge is -2.36. The number of nitrogens with one attached hydrogen (secondary N) is 2. The van der Waals surface area contributed by atoms with Crippen LogP contribution in [-0.2, 0) is 16.1 Å². The van der Waals surface area contributed by atoms with E-state index in [9.17, 15) is 14.4 Å². The van der Waals surface area contributed by atoms with Crippen molar-refractivity contribution in [3.05, 3.63) is 47.7 Å². The summed E-state index contributed by atoms with van der Waals surface area (Å²) < 4.78 is 15.6. The zero-order valence-electron chi connectivity index (χ0n) is 20.3. The van der Waals surface area contributed by atoms with Gasteiger partial charge in [0, 0.05) is 51.9 Å². The van der Waals surface area contributed by atoms with Gasteiger partial charge in [0.1, 0.15) is 5.82 Å². The minimum atomic E-state index is -0.258. The molecule has 2 aromatic rings. The van der Waals surface area contributed by atoms with Crippen LogP contribution in [0.5, 0.6) is 11.5 Å². The maximum Gasteiger partial charge on any atom is 0.317 e. The third-order valence-electron chi connectivity index (χ3n) is 5.93. The largest absolute Gasteiger partial charge is 0.466 e. The first-order valence-electron chi connectivity index (χ1n) is 12.1. The van der Waals surface area contributed by atoms with Gasteiger partial charge in [-0.25, -0.2) is 9.78 Å². The minimum absolute atomic E-state index is 0.166. The Balaban J connectivity index is 1.26. The van der Waals surface area contributed by atoms with E-state index in [2.05, 4.69) is 15.6 Å². The van der Waals surface area contributed by atoms with Crippen molar-refractivity contribution in [1.82, 2.24) is 20.5 Å². The number of fused-ring (bicyclic) bond motifs is 1. The molecular weight excluding hydrogens is 466 g/mol. The number of rotatable bonds is 9. The number of nitrogens with zero attached hydrogens (tertiary/aromatic N) is 3. The van der Waals surface area contributed by atoms with E-state index in [0.29, 0.717) is 75.2 Å².